The highest BCUT2D eigenvalue weighted by atomic mass is 35.5. The van der Waals surface area contributed by atoms with Gasteiger partial charge in [0.25, 0.3) is 0 Å². The first-order valence-corrected chi connectivity index (χ1v) is 6.86. The molecule has 18 heavy (non-hydrogen) atoms. The Morgan fingerprint density at radius 3 is 2.50 bits per heavy atom. The Balaban J connectivity index is 2.72. The molecule has 0 amide bonds. The Morgan fingerprint density at radius 2 is 2.06 bits per heavy atom. The summed E-state index contributed by atoms with van der Waals surface area (Å²) in [7, 11) is 0. The van der Waals surface area contributed by atoms with Crippen LogP contribution in [0, 0.1) is 5.92 Å². The Hall–Kier alpha value is -0.320. The van der Waals surface area contributed by atoms with Crippen LogP contribution in [0.15, 0.2) is 0 Å². The summed E-state index contributed by atoms with van der Waals surface area (Å²) < 4.78 is 5.50. The van der Waals surface area contributed by atoms with Crippen LogP contribution < -0.4 is 0 Å². The highest BCUT2D eigenvalue weighted by Crippen LogP contribution is 2.40. The molecule has 0 aromatic heterocycles. The van der Waals surface area contributed by atoms with Crippen LogP contribution in [0.25, 0.3) is 0 Å². The summed E-state index contributed by atoms with van der Waals surface area (Å²) in [5.74, 6) is -0.279. The zero-order valence-electron chi connectivity index (χ0n) is 11.9. The van der Waals surface area contributed by atoms with E-state index in [9.17, 15) is 10.0 Å². The zero-order valence-corrected chi connectivity index (χ0v) is 12.6. The number of ether oxygens (including phenoxy) is 1. The molecular formula is C13H24ClNO3. The molecule has 1 rings (SSSR count). The van der Waals surface area contributed by atoms with Gasteiger partial charge >= 0.3 is 5.97 Å². The zero-order chi connectivity index (χ0) is 14.1. The molecule has 1 aliphatic rings. The van der Waals surface area contributed by atoms with Gasteiger partial charge in [-0.3, -0.25) is 4.79 Å². The van der Waals surface area contributed by atoms with E-state index in [1.807, 2.05) is 27.7 Å². The van der Waals surface area contributed by atoms with Crippen LogP contribution in [0.4, 0.5) is 0 Å². The number of hydroxylamine groups is 2. The first kappa shape index (κ1) is 15.7. The normalized spacial score (nSPS) is 34.1. The molecule has 1 heterocycles. The molecule has 5 heteroatoms. The standard InChI is InChI=1S/C13H24ClNO3/c1-6-9(2)11(16)18-10-7-12(3,4)15(17)13(5,14)8-10/h9-10,17H,6-8H2,1-5H3. The fraction of sp³-hybridized carbons (Fsp3) is 0.923. The number of esters is 1. The fourth-order valence-corrected chi connectivity index (χ4v) is 2.78. The van der Waals surface area contributed by atoms with E-state index in [1.165, 1.54) is 0 Å². The number of halogens is 1. The van der Waals surface area contributed by atoms with E-state index in [0.717, 1.165) is 11.5 Å². The number of nitrogens with zero attached hydrogens (tertiary/aromatic N) is 1. The van der Waals surface area contributed by atoms with Crippen molar-refractivity contribution in [2.45, 2.75) is 70.5 Å². The summed E-state index contributed by atoms with van der Waals surface area (Å²) in [6, 6.07) is 0. The third-order valence-corrected chi connectivity index (χ3v) is 3.95. The summed E-state index contributed by atoms with van der Waals surface area (Å²) >= 11 is 6.28. The summed E-state index contributed by atoms with van der Waals surface area (Å²) in [6.07, 6.45) is 1.52. The molecule has 0 radical (unpaired) electrons. The molecule has 0 aliphatic carbocycles. The minimum atomic E-state index is -0.901. The largest absolute Gasteiger partial charge is 0.462 e. The SMILES string of the molecule is CCC(C)C(=O)OC1CC(C)(C)N(O)C(C)(Cl)C1. The number of carbonyl (C=O) groups is 1. The van der Waals surface area contributed by atoms with Crippen molar-refractivity contribution in [1.29, 1.82) is 0 Å². The van der Waals surface area contributed by atoms with Crippen molar-refractivity contribution in [2.75, 3.05) is 0 Å². The van der Waals surface area contributed by atoms with Gasteiger partial charge in [-0.25, -0.2) is 0 Å². The molecule has 3 unspecified atom stereocenters. The van der Waals surface area contributed by atoms with Crippen molar-refractivity contribution in [3.63, 3.8) is 0 Å². The second-order valence-electron chi connectivity index (χ2n) is 6.04. The first-order chi connectivity index (χ1) is 8.10. The molecule has 0 bridgehead atoms. The molecule has 1 saturated heterocycles. The van der Waals surface area contributed by atoms with E-state index in [2.05, 4.69) is 0 Å². The average Bonchev–Trinajstić information content (AvgIpc) is 2.23. The topological polar surface area (TPSA) is 49.8 Å². The maximum Gasteiger partial charge on any atom is 0.308 e. The second-order valence-corrected chi connectivity index (χ2v) is 6.86. The highest BCUT2D eigenvalue weighted by molar-refractivity contribution is 6.23. The maximum atomic E-state index is 11.8. The molecule has 0 saturated carbocycles. The Labute approximate surface area is 114 Å². The van der Waals surface area contributed by atoms with Gasteiger partial charge in [-0.1, -0.05) is 25.4 Å². The number of hydrogen-bond acceptors (Lipinski definition) is 4. The van der Waals surface area contributed by atoms with Gasteiger partial charge in [-0.05, 0) is 27.2 Å². The van der Waals surface area contributed by atoms with Gasteiger partial charge in [-0.2, -0.15) is 5.06 Å². The quantitative estimate of drug-likeness (QED) is 0.489. The summed E-state index contributed by atoms with van der Waals surface area (Å²) in [6.45, 7) is 9.32. The van der Waals surface area contributed by atoms with E-state index < -0.39 is 10.5 Å². The number of alkyl halides is 1. The fourth-order valence-electron chi connectivity index (χ4n) is 2.38. The van der Waals surface area contributed by atoms with Gasteiger partial charge in [0.2, 0.25) is 0 Å². The third-order valence-electron chi connectivity index (χ3n) is 3.64. The highest BCUT2D eigenvalue weighted by Gasteiger charge is 2.48. The predicted octanol–water partition coefficient (Wildman–Crippen LogP) is 3.16. The van der Waals surface area contributed by atoms with Gasteiger partial charge in [0.1, 0.15) is 11.1 Å². The van der Waals surface area contributed by atoms with Crippen LogP contribution in [0.3, 0.4) is 0 Å². The van der Waals surface area contributed by atoms with Crippen molar-refractivity contribution in [3.05, 3.63) is 0 Å². The lowest BCUT2D eigenvalue weighted by atomic mass is 9.86. The van der Waals surface area contributed by atoms with E-state index in [-0.39, 0.29) is 18.0 Å². The number of hydrogen-bond donors (Lipinski definition) is 1. The molecule has 1 aliphatic heterocycles. The molecule has 3 atom stereocenters. The van der Waals surface area contributed by atoms with Crippen LogP contribution in [-0.2, 0) is 9.53 Å². The molecule has 1 N–H and O–H groups in total. The van der Waals surface area contributed by atoms with Gasteiger partial charge < -0.3 is 9.94 Å². The monoisotopic (exact) mass is 277 g/mol. The van der Waals surface area contributed by atoms with Crippen molar-refractivity contribution in [3.8, 4) is 0 Å². The minimum Gasteiger partial charge on any atom is -0.462 e. The lowest BCUT2D eigenvalue weighted by molar-refractivity contribution is -0.240. The van der Waals surface area contributed by atoms with Crippen molar-refractivity contribution >= 4 is 17.6 Å². The van der Waals surface area contributed by atoms with E-state index in [0.29, 0.717) is 12.8 Å². The van der Waals surface area contributed by atoms with Crippen LogP contribution in [0.2, 0.25) is 0 Å². The van der Waals surface area contributed by atoms with E-state index >= 15 is 0 Å². The van der Waals surface area contributed by atoms with Crippen LogP contribution in [0.1, 0.15) is 53.9 Å². The number of rotatable bonds is 3. The molecule has 106 valence electrons. The lowest BCUT2D eigenvalue weighted by Crippen LogP contribution is -2.59. The van der Waals surface area contributed by atoms with Crippen LogP contribution in [0.5, 0.6) is 0 Å². The lowest BCUT2D eigenvalue weighted by Gasteiger charge is -2.49. The van der Waals surface area contributed by atoms with Crippen molar-refractivity contribution in [1.82, 2.24) is 5.06 Å². The second kappa shape index (κ2) is 5.35. The Bertz CT molecular complexity index is 299. The number of piperidine rings is 1. The Kier molecular flexibility index (Phi) is 4.68. The molecule has 0 spiro atoms. The third kappa shape index (κ3) is 3.37. The summed E-state index contributed by atoms with van der Waals surface area (Å²) in [4.78, 5) is 10.9. The van der Waals surface area contributed by atoms with Gasteiger partial charge in [0.15, 0.2) is 0 Å². The summed E-state index contributed by atoms with van der Waals surface area (Å²) in [5.41, 5.74) is -0.505. The van der Waals surface area contributed by atoms with Gasteiger partial charge in [0, 0.05) is 18.4 Å². The van der Waals surface area contributed by atoms with Gasteiger partial charge in [-0.15, -0.1) is 0 Å². The smallest absolute Gasteiger partial charge is 0.308 e. The van der Waals surface area contributed by atoms with E-state index in [4.69, 9.17) is 16.3 Å². The Morgan fingerprint density at radius 1 is 1.50 bits per heavy atom. The minimum absolute atomic E-state index is 0.0955. The number of carbonyl (C=O) groups excluding carboxylic acids is 1. The molecule has 0 aromatic rings. The molecular weight excluding hydrogens is 254 g/mol. The average molecular weight is 278 g/mol. The van der Waals surface area contributed by atoms with Gasteiger partial charge in [0.05, 0.1) is 5.92 Å². The first-order valence-electron chi connectivity index (χ1n) is 6.49. The summed E-state index contributed by atoms with van der Waals surface area (Å²) in [5, 5.41) is 11.2. The van der Waals surface area contributed by atoms with Crippen molar-refractivity contribution < 1.29 is 14.7 Å². The van der Waals surface area contributed by atoms with Crippen molar-refractivity contribution in [2.24, 2.45) is 5.92 Å². The molecule has 0 aromatic carbocycles. The van der Waals surface area contributed by atoms with E-state index in [1.54, 1.807) is 6.92 Å². The maximum absolute atomic E-state index is 11.8. The van der Waals surface area contributed by atoms with Crippen LogP contribution >= 0.6 is 11.6 Å². The molecule has 4 nitrogen and oxygen atoms in total. The molecule has 1 fully saturated rings. The predicted molar refractivity (Wildman–Crippen MR) is 70.5 cm³/mol. The van der Waals surface area contributed by atoms with Crippen LogP contribution in [-0.4, -0.2) is 32.9 Å².